The molecule has 1 aromatic rings. The van der Waals surface area contributed by atoms with Crippen molar-refractivity contribution in [1.82, 2.24) is 15.4 Å². The van der Waals surface area contributed by atoms with Crippen LogP contribution in [0.1, 0.15) is 29.9 Å². The fourth-order valence-corrected chi connectivity index (χ4v) is 1.02. The molecule has 0 fully saturated rings. The molecule has 0 aliphatic carbocycles. The first-order chi connectivity index (χ1) is 7.61. The number of aromatic nitrogens is 2. The fraction of sp³-hybridized carbons (Fsp3) is 0.500. The lowest BCUT2D eigenvalue weighted by molar-refractivity contribution is 0.0188. The van der Waals surface area contributed by atoms with Crippen molar-refractivity contribution >= 4 is 5.97 Å². The molecule has 0 radical (unpaired) electrons. The van der Waals surface area contributed by atoms with Gasteiger partial charge in [-0.3, -0.25) is 0 Å². The molecule has 1 rings (SSSR count). The monoisotopic (exact) mass is 225 g/mol. The molecule has 0 atom stereocenters. The number of carbonyl (C=O) groups is 1. The van der Waals surface area contributed by atoms with Gasteiger partial charge in [-0.25, -0.2) is 14.8 Å². The van der Waals surface area contributed by atoms with E-state index in [0.717, 1.165) is 0 Å². The van der Waals surface area contributed by atoms with Gasteiger partial charge in [0.2, 0.25) is 0 Å². The van der Waals surface area contributed by atoms with E-state index in [1.807, 2.05) is 13.8 Å². The maximum atomic E-state index is 10.8. The van der Waals surface area contributed by atoms with E-state index in [1.54, 1.807) is 0 Å². The third-order valence-electron chi connectivity index (χ3n) is 1.78. The van der Waals surface area contributed by atoms with E-state index in [1.165, 1.54) is 12.5 Å². The van der Waals surface area contributed by atoms with E-state index in [4.69, 9.17) is 9.94 Å². The van der Waals surface area contributed by atoms with Gasteiger partial charge in [-0.1, -0.05) is 13.8 Å². The topological polar surface area (TPSA) is 84.3 Å². The minimum absolute atomic E-state index is 0.0862. The number of hydrogen-bond donors (Lipinski definition) is 2. The molecule has 6 heteroatoms. The van der Waals surface area contributed by atoms with Crippen LogP contribution in [0.5, 0.6) is 0 Å². The lowest BCUT2D eigenvalue weighted by atomic mass is 10.2. The summed E-state index contributed by atoms with van der Waals surface area (Å²) in [6.45, 7) is 4.86. The standard InChI is InChI=1S/C10H15N3O3/c1-7(2)5-16-13-4-9-8(10(14)15)3-11-6-12-9/h3,6-7,13H,4-5H2,1-2H3,(H,14,15). The lowest BCUT2D eigenvalue weighted by Gasteiger charge is -2.08. The predicted molar refractivity (Wildman–Crippen MR) is 56.6 cm³/mol. The Morgan fingerprint density at radius 1 is 1.62 bits per heavy atom. The van der Waals surface area contributed by atoms with Crippen molar-refractivity contribution in [2.45, 2.75) is 20.4 Å². The zero-order valence-corrected chi connectivity index (χ0v) is 9.30. The van der Waals surface area contributed by atoms with Gasteiger partial charge in [0, 0.05) is 6.20 Å². The minimum atomic E-state index is -1.04. The molecule has 88 valence electrons. The maximum absolute atomic E-state index is 10.8. The first-order valence-electron chi connectivity index (χ1n) is 4.98. The molecule has 6 nitrogen and oxygen atoms in total. The summed E-state index contributed by atoms with van der Waals surface area (Å²) >= 11 is 0. The van der Waals surface area contributed by atoms with Crippen molar-refractivity contribution in [2.75, 3.05) is 6.61 Å². The molecule has 0 amide bonds. The van der Waals surface area contributed by atoms with Crippen LogP contribution >= 0.6 is 0 Å². The van der Waals surface area contributed by atoms with Crippen LogP contribution in [-0.4, -0.2) is 27.7 Å². The molecule has 0 aromatic carbocycles. The Balaban J connectivity index is 2.50. The van der Waals surface area contributed by atoms with Gasteiger partial charge >= 0.3 is 5.97 Å². The molecule has 0 saturated carbocycles. The largest absolute Gasteiger partial charge is 0.478 e. The van der Waals surface area contributed by atoms with Crippen LogP contribution in [0.15, 0.2) is 12.5 Å². The highest BCUT2D eigenvalue weighted by Gasteiger charge is 2.10. The van der Waals surface area contributed by atoms with Crippen molar-refractivity contribution in [3.05, 3.63) is 23.8 Å². The van der Waals surface area contributed by atoms with Gasteiger partial charge in [-0.05, 0) is 5.92 Å². The van der Waals surface area contributed by atoms with Gasteiger partial charge in [0.15, 0.2) is 0 Å². The third-order valence-corrected chi connectivity index (χ3v) is 1.78. The molecule has 0 bridgehead atoms. The van der Waals surface area contributed by atoms with Gasteiger partial charge in [0.25, 0.3) is 0 Å². The molecule has 0 unspecified atom stereocenters. The van der Waals surface area contributed by atoms with Crippen molar-refractivity contribution < 1.29 is 14.7 Å². The smallest absolute Gasteiger partial charge is 0.339 e. The fourth-order valence-electron chi connectivity index (χ4n) is 1.02. The predicted octanol–water partition coefficient (Wildman–Crippen LogP) is 0.852. The number of carboxylic acid groups (broad SMARTS) is 1. The molecule has 0 aliphatic heterocycles. The summed E-state index contributed by atoms with van der Waals surface area (Å²) in [5, 5.41) is 8.86. The van der Waals surface area contributed by atoms with Gasteiger partial charge in [0.1, 0.15) is 11.9 Å². The Kier molecular flexibility index (Phi) is 4.81. The van der Waals surface area contributed by atoms with E-state index in [-0.39, 0.29) is 12.1 Å². The van der Waals surface area contributed by atoms with Gasteiger partial charge < -0.3 is 9.94 Å². The number of rotatable bonds is 6. The number of carboxylic acids is 1. The third kappa shape index (κ3) is 3.92. The summed E-state index contributed by atoms with van der Waals surface area (Å²) in [5.74, 6) is -0.627. The highest BCUT2D eigenvalue weighted by molar-refractivity contribution is 5.88. The van der Waals surface area contributed by atoms with E-state index < -0.39 is 5.97 Å². The van der Waals surface area contributed by atoms with E-state index in [0.29, 0.717) is 18.2 Å². The quantitative estimate of drug-likeness (QED) is 0.551. The zero-order valence-electron chi connectivity index (χ0n) is 9.30. The second-order valence-corrected chi connectivity index (χ2v) is 3.71. The average molecular weight is 225 g/mol. The van der Waals surface area contributed by atoms with Crippen LogP contribution < -0.4 is 5.48 Å². The Labute approximate surface area is 93.6 Å². The first-order valence-corrected chi connectivity index (χ1v) is 4.98. The summed E-state index contributed by atoms with van der Waals surface area (Å²) in [6.07, 6.45) is 2.58. The molecular weight excluding hydrogens is 210 g/mol. The van der Waals surface area contributed by atoms with E-state index in [2.05, 4.69) is 15.4 Å². The molecule has 0 aliphatic rings. The van der Waals surface area contributed by atoms with Crippen molar-refractivity contribution in [3.63, 3.8) is 0 Å². The highest BCUT2D eigenvalue weighted by Crippen LogP contribution is 2.03. The Morgan fingerprint density at radius 3 is 3.00 bits per heavy atom. The van der Waals surface area contributed by atoms with Crippen LogP contribution in [0.25, 0.3) is 0 Å². The molecular formula is C10H15N3O3. The first kappa shape index (κ1) is 12.5. The highest BCUT2D eigenvalue weighted by atomic mass is 16.6. The summed E-state index contributed by atoms with van der Waals surface area (Å²) in [5.41, 5.74) is 3.17. The minimum Gasteiger partial charge on any atom is -0.478 e. The molecule has 0 saturated heterocycles. The lowest BCUT2D eigenvalue weighted by Crippen LogP contribution is -2.20. The summed E-state index contributed by atoms with van der Waals surface area (Å²) in [4.78, 5) is 23.5. The number of hydrogen-bond acceptors (Lipinski definition) is 5. The average Bonchev–Trinajstić information content (AvgIpc) is 2.24. The van der Waals surface area contributed by atoms with Crippen LogP contribution in [0.4, 0.5) is 0 Å². The van der Waals surface area contributed by atoms with Crippen LogP contribution in [0.3, 0.4) is 0 Å². The van der Waals surface area contributed by atoms with E-state index >= 15 is 0 Å². The molecule has 16 heavy (non-hydrogen) atoms. The Hall–Kier alpha value is -1.53. The molecule has 0 spiro atoms. The van der Waals surface area contributed by atoms with Crippen LogP contribution in [0, 0.1) is 5.92 Å². The summed E-state index contributed by atoms with van der Waals surface area (Å²) < 4.78 is 0. The van der Waals surface area contributed by atoms with Crippen LogP contribution in [-0.2, 0) is 11.4 Å². The Bertz CT molecular complexity index is 355. The Morgan fingerprint density at radius 2 is 2.38 bits per heavy atom. The maximum Gasteiger partial charge on any atom is 0.339 e. The summed E-state index contributed by atoms with van der Waals surface area (Å²) in [7, 11) is 0. The summed E-state index contributed by atoms with van der Waals surface area (Å²) in [6, 6.07) is 0. The molecule has 1 aromatic heterocycles. The van der Waals surface area contributed by atoms with Crippen LogP contribution in [0.2, 0.25) is 0 Å². The van der Waals surface area contributed by atoms with Crippen molar-refractivity contribution in [3.8, 4) is 0 Å². The van der Waals surface area contributed by atoms with Crippen molar-refractivity contribution in [1.29, 1.82) is 0 Å². The SMILES string of the molecule is CC(C)CONCc1ncncc1C(=O)O. The van der Waals surface area contributed by atoms with Gasteiger partial charge in [-0.2, -0.15) is 5.48 Å². The molecule has 1 heterocycles. The number of nitrogens with zero attached hydrogens (tertiary/aromatic N) is 2. The number of nitrogens with one attached hydrogen (secondary N) is 1. The van der Waals surface area contributed by atoms with E-state index in [9.17, 15) is 4.79 Å². The normalized spacial score (nSPS) is 10.7. The van der Waals surface area contributed by atoms with Gasteiger partial charge in [0.05, 0.1) is 18.8 Å². The number of hydroxylamine groups is 1. The second-order valence-electron chi connectivity index (χ2n) is 3.71. The molecule has 2 N–H and O–H groups in total. The van der Waals surface area contributed by atoms with Gasteiger partial charge in [-0.15, -0.1) is 0 Å². The zero-order chi connectivity index (χ0) is 12.0. The second kappa shape index (κ2) is 6.14. The number of aromatic carboxylic acids is 1. The van der Waals surface area contributed by atoms with Crippen molar-refractivity contribution in [2.24, 2.45) is 5.92 Å².